The number of allylic oxidation sites excluding steroid dienone is 4. The van der Waals surface area contributed by atoms with E-state index in [0.29, 0.717) is 5.92 Å². The first-order valence-corrected chi connectivity index (χ1v) is 22.9. The Hall–Kier alpha value is -7.94. The maximum absolute atomic E-state index is 2.48. The fourth-order valence-electron chi connectivity index (χ4n) is 11.1. The first-order valence-electron chi connectivity index (χ1n) is 22.9. The van der Waals surface area contributed by atoms with E-state index in [1.165, 1.54) is 110 Å². The van der Waals surface area contributed by atoms with Crippen LogP contribution in [0.5, 0.6) is 0 Å². The van der Waals surface area contributed by atoms with Crippen molar-refractivity contribution < 1.29 is 0 Å². The quantitative estimate of drug-likeness (QED) is 0.158. The van der Waals surface area contributed by atoms with E-state index in [0.717, 1.165) is 12.1 Å². The average Bonchev–Trinajstić information content (AvgIpc) is 3.95. The summed E-state index contributed by atoms with van der Waals surface area (Å²) in [6.45, 7) is 4.75. The van der Waals surface area contributed by atoms with Crippen molar-refractivity contribution in [2.45, 2.75) is 31.6 Å². The molecule has 1 atom stereocenters. The molecule has 0 bridgehead atoms. The molecule has 308 valence electrons. The number of aromatic nitrogens is 2. The van der Waals surface area contributed by atoms with E-state index in [4.69, 9.17) is 0 Å². The molecule has 9 aromatic carbocycles. The molecule has 0 N–H and O–H groups in total. The van der Waals surface area contributed by atoms with Gasteiger partial charge < -0.3 is 9.13 Å². The molecule has 0 amide bonds. The van der Waals surface area contributed by atoms with Crippen molar-refractivity contribution in [2.24, 2.45) is 0 Å². The summed E-state index contributed by atoms with van der Waals surface area (Å²) in [4.78, 5) is 0. The van der Waals surface area contributed by atoms with Gasteiger partial charge in [-0.15, -0.1) is 0 Å². The predicted octanol–water partition coefficient (Wildman–Crippen LogP) is 16.8. The maximum Gasteiger partial charge on any atom is 0.0544 e. The summed E-state index contributed by atoms with van der Waals surface area (Å²) in [5, 5.41) is 5.05. The van der Waals surface area contributed by atoms with E-state index >= 15 is 0 Å². The van der Waals surface area contributed by atoms with Gasteiger partial charge in [0.2, 0.25) is 0 Å². The van der Waals surface area contributed by atoms with E-state index in [2.05, 4.69) is 247 Å². The molecule has 0 saturated carbocycles. The summed E-state index contributed by atoms with van der Waals surface area (Å²) in [7, 11) is 0. The summed E-state index contributed by atoms with van der Waals surface area (Å²) in [5.41, 5.74) is 21.2. The summed E-state index contributed by atoms with van der Waals surface area (Å²) in [6, 6.07) is 74.8. The van der Waals surface area contributed by atoms with Crippen LogP contribution in [0.1, 0.15) is 42.9 Å². The van der Waals surface area contributed by atoms with Gasteiger partial charge in [-0.2, -0.15) is 0 Å². The summed E-state index contributed by atoms with van der Waals surface area (Å²) in [5.74, 6) is 0.419. The molecule has 11 aromatic rings. The molecular formula is C63H46N2. The third-order valence-electron chi connectivity index (χ3n) is 14.5. The van der Waals surface area contributed by atoms with Gasteiger partial charge in [-0.05, 0) is 140 Å². The summed E-state index contributed by atoms with van der Waals surface area (Å²) in [6.07, 6.45) is 9.93. The van der Waals surface area contributed by atoms with Crippen molar-refractivity contribution in [3.05, 3.63) is 241 Å². The molecule has 0 spiro atoms. The van der Waals surface area contributed by atoms with E-state index in [1.807, 2.05) is 0 Å². The molecule has 2 heterocycles. The monoisotopic (exact) mass is 830 g/mol. The zero-order valence-corrected chi connectivity index (χ0v) is 36.5. The Balaban J connectivity index is 0.947. The van der Waals surface area contributed by atoms with Gasteiger partial charge >= 0.3 is 0 Å². The molecule has 2 aliphatic rings. The van der Waals surface area contributed by atoms with Gasteiger partial charge in [0.25, 0.3) is 0 Å². The van der Waals surface area contributed by atoms with E-state index in [1.54, 1.807) is 0 Å². The highest BCUT2D eigenvalue weighted by molar-refractivity contribution is 6.13. The molecule has 2 aliphatic carbocycles. The Morgan fingerprint density at radius 1 is 0.385 bits per heavy atom. The predicted molar refractivity (Wildman–Crippen MR) is 275 cm³/mol. The minimum atomic E-state index is -0.0993. The molecule has 2 nitrogen and oxygen atoms in total. The van der Waals surface area contributed by atoms with Crippen LogP contribution in [-0.4, -0.2) is 9.13 Å². The molecule has 13 rings (SSSR count). The zero-order chi connectivity index (χ0) is 43.2. The van der Waals surface area contributed by atoms with Crippen LogP contribution in [0.2, 0.25) is 0 Å². The smallest absolute Gasteiger partial charge is 0.0544 e. The van der Waals surface area contributed by atoms with E-state index < -0.39 is 0 Å². The second kappa shape index (κ2) is 14.6. The molecule has 0 saturated heterocycles. The highest BCUT2D eigenvalue weighted by Crippen LogP contribution is 2.51. The van der Waals surface area contributed by atoms with Crippen LogP contribution < -0.4 is 0 Å². The molecule has 0 fully saturated rings. The Bertz CT molecular complexity index is 3730. The van der Waals surface area contributed by atoms with Crippen molar-refractivity contribution in [3.63, 3.8) is 0 Å². The topological polar surface area (TPSA) is 9.86 Å². The van der Waals surface area contributed by atoms with Crippen molar-refractivity contribution in [1.29, 1.82) is 0 Å². The highest BCUT2D eigenvalue weighted by Gasteiger charge is 2.36. The molecular weight excluding hydrogens is 785 g/mol. The molecule has 0 aliphatic heterocycles. The van der Waals surface area contributed by atoms with Crippen molar-refractivity contribution in [2.75, 3.05) is 0 Å². The van der Waals surface area contributed by atoms with Crippen LogP contribution in [0.25, 0.3) is 99.5 Å². The van der Waals surface area contributed by atoms with E-state index in [9.17, 15) is 0 Å². The molecule has 2 heteroatoms. The normalized spacial score (nSPS) is 15.0. The van der Waals surface area contributed by atoms with Gasteiger partial charge in [0.05, 0.1) is 22.1 Å². The molecule has 1 unspecified atom stereocenters. The van der Waals surface area contributed by atoms with Crippen LogP contribution in [0.15, 0.2) is 224 Å². The number of nitrogens with zero attached hydrogens (tertiary/aromatic N) is 2. The van der Waals surface area contributed by atoms with Gasteiger partial charge in [-0.25, -0.2) is 0 Å². The number of benzene rings is 9. The lowest BCUT2D eigenvalue weighted by Crippen LogP contribution is -2.14. The zero-order valence-electron chi connectivity index (χ0n) is 36.5. The van der Waals surface area contributed by atoms with Crippen LogP contribution in [0.3, 0.4) is 0 Å². The van der Waals surface area contributed by atoms with Gasteiger partial charge in [0.15, 0.2) is 0 Å². The molecule has 65 heavy (non-hydrogen) atoms. The number of rotatable bonds is 6. The number of hydrogen-bond acceptors (Lipinski definition) is 0. The minimum absolute atomic E-state index is 0.0993. The van der Waals surface area contributed by atoms with Gasteiger partial charge in [0, 0.05) is 44.3 Å². The van der Waals surface area contributed by atoms with E-state index in [-0.39, 0.29) is 5.41 Å². The fraction of sp³-hybridized carbons (Fsp3) is 0.0794. The van der Waals surface area contributed by atoms with Crippen LogP contribution >= 0.6 is 0 Å². The van der Waals surface area contributed by atoms with Crippen LogP contribution in [0.4, 0.5) is 0 Å². The first-order chi connectivity index (χ1) is 32.0. The summed E-state index contributed by atoms with van der Waals surface area (Å²) < 4.78 is 4.92. The SMILES string of the molecule is CC1(C)c2ccccc2-c2cc3c4cc(-c5ccccc5)ccc4n(-c4ccc(-c5ccc6c(c5)c5cc(-c7ccccc7)ccc5n6-c5ccc(C6C=CC=CC6)cc5)cc4)c3cc21. The fourth-order valence-corrected chi connectivity index (χ4v) is 11.1. The average molecular weight is 831 g/mol. The standard InChI is InChI=1S/C63H46N2/c1-63(2)57-21-13-12-20-51(57)52-39-56-55-37-47(43-18-10-5-11-19-43)27-35-61(55)65(62(56)40-58(52)63)50-31-24-45(25-32-50)48-28-34-60-54(38-48)53-36-46(42-16-8-4-9-17-42)26-33-59(53)64(60)49-29-22-44(23-30-49)41-14-6-3-7-15-41/h3-14,16-41H,15H2,1-2H3. The largest absolute Gasteiger partial charge is 0.309 e. The van der Waals surface area contributed by atoms with Crippen molar-refractivity contribution >= 4 is 43.6 Å². The summed E-state index contributed by atoms with van der Waals surface area (Å²) >= 11 is 0. The Morgan fingerprint density at radius 3 is 1.42 bits per heavy atom. The molecule has 2 aromatic heterocycles. The third-order valence-corrected chi connectivity index (χ3v) is 14.5. The second-order valence-electron chi connectivity index (χ2n) is 18.5. The van der Waals surface area contributed by atoms with Crippen LogP contribution in [0, 0.1) is 0 Å². The number of hydrogen-bond donors (Lipinski definition) is 0. The third kappa shape index (κ3) is 5.94. The lowest BCUT2D eigenvalue weighted by molar-refractivity contribution is 0.661. The Morgan fingerprint density at radius 2 is 0.862 bits per heavy atom. The minimum Gasteiger partial charge on any atom is -0.309 e. The molecule has 0 radical (unpaired) electrons. The maximum atomic E-state index is 2.48. The Kier molecular flexibility index (Phi) is 8.42. The van der Waals surface area contributed by atoms with Crippen LogP contribution in [-0.2, 0) is 5.41 Å². The van der Waals surface area contributed by atoms with Gasteiger partial charge in [0.1, 0.15) is 0 Å². The van der Waals surface area contributed by atoms with Gasteiger partial charge in [-0.1, -0.05) is 166 Å². The van der Waals surface area contributed by atoms with Crippen molar-refractivity contribution in [3.8, 4) is 55.9 Å². The highest BCUT2D eigenvalue weighted by atomic mass is 15.0. The first kappa shape index (κ1) is 37.6. The van der Waals surface area contributed by atoms with Crippen molar-refractivity contribution in [1.82, 2.24) is 9.13 Å². The number of fused-ring (bicyclic) bond motifs is 9. The van der Waals surface area contributed by atoms with Gasteiger partial charge in [-0.3, -0.25) is 0 Å². The lowest BCUT2D eigenvalue weighted by Gasteiger charge is -2.21. The lowest BCUT2D eigenvalue weighted by atomic mass is 9.82. The Labute approximate surface area is 379 Å². The second-order valence-corrected chi connectivity index (χ2v) is 18.5.